The van der Waals surface area contributed by atoms with Crippen LogP contribution in [0.25, 0.3) is 0 Å². The number of sulfonamides is 1. The Bertz CT molecular complexity index is 1090. The van der Waals surface area contributed by atoms with Gasteiger partial charge in [-0.3, -0.25) is 9.59 Å². The van der Waals surface area contributed by atoms with Crippen LogP contribution in [0.15, 0.2) is 47.4 Å². The van der Waals surface area contributed by atoms with E-state index in [-0.39, 0.29) is 17.9 Å². The Morgan fingerprint density at radius 2 is 1.87 bits per heavy atom. The summed E-state index contributed by atoms with van der Waals surface area (Å²) in [5.41, 5.74) is 1.12. The number of nitrogens with zero attached hydrogens (tertiary/aromatic N) is 1. The van der Waals surface area contributed by atoms with E-state index in [1.807, 2.05) is 0 Å². The number of nitrogens with one attached hydrogen (secondary N) is 1. The van der Waals surface area contributed by atoms with Crippen LogP contribution in [0.2, 0.25) is 10.0 Å². The van der Waals surface area contributed by atoms with Crippen LogP contribution >= 0.6 is 23.2 Å². The molecule has 2 aromatic rings. The zero-order chi connectivity index (χ0) is 22.8. The highest BCUT2D eigenvalue weighted by Crippen LogP contribution is 2.28. The van der Waals surface area contributed by atoms with Gasteiger partial charge in [-0.15, -0.1) is 0 Å². The summed E-state index contributed by atoms with van der Waals surface area (Å²) in [5.74, 6) is -1.53. The van der Waals surface area contributed by atoms with Crippen molar-refractivity contribution in [1.29, 1.82) is 0 Å². The van der Waals surface area contributed by atoms with E-state index < -0.39 is 40.7 Å². The minimum Gasteiger partial charge on any atom is -0.454 e. The number of aliphatic hydroxyl groups is 1. The Morgan fingerprint density at radius 1 is 1.19 bits per heavy atom. The van der Waals surface area contributed by atoms with Crippen LogP contribution < -0.4 is 5.32 Å². The third-order valence-corrected chi connectivity index (χ3v) is 7.36. The highest BCUT2D eigenvalue weighted by Gasteiger charge is 2.44. The average Bonchev–Trinajstić information content (AvgIpc) is 3.13. The Kier molecular flexibility index (Phi) is 7.23. The maximum atomic E-state index is 12.9. The zero-order valence-electron chi connectivity index (χ0n) is 16.4. The number of aliphatic hydroxyl groups excluding tert-OH is 1. The van der Waals surface area contributed by atoms with Gasteiger partial charge in [0.05, 0.1) is 11.0 Å². The molecule has 1 amide bonds. The molecule has 0 unspecified atom stereocenters. The first-order chi connectivity index (χ1) is 14.6. The van der Waals surface area contributed by atoms with E-state index in [0.717, 1.165) is 4.31 Å². The van der Waals surface area contributed by atoms with Gasteiger partial charge in [0.15, 0.2) is 6.61 Å². The van der Waals surface area contributed by atoms with Gasteiger partial charge in [-0.05, 0) is 48.9 Å². The third kappa shape index (κ3) is 5.36. The number of carbonyl (C=O) groups is 2. The molecule has 0 aromatic heterocycles. The third-order valence-electron chi connectivity index (χ3n) is 4.81. The van der Waals surface area contributed by atoms with Gasteiger partial charge in [-0.25, -0.2) is 8.42 Å². The molecular formula is C20H20Cl2N2O6S. The molecular weight excluding hydrogens is 467 g/mol. The summed E-state index contributed by atoms with van der Waals surface area (Å²) in [6.07, 6.45) is -1.18. The summed E-state index contributed by atoms with van der Waals surface area (Å²) >= 11 is 11.8. The van der Waals surface area contributed by atoms with Gasteiger partial charge in [0, 0.05) is 28.7 Å². The van der Waals surface area contributed by atoms with Crippen molar-refractivity contribution in [3.8, 4) is 0 Å². The van der Waals surface area contributed by atoms with Gasteiger partial charge in [0.25, 0.3) is 5.91 Å². The van der Waals surface area contributed by atoms with Gasteiger partial charge >= 0.3 is 5.97 Å². The second-order valence-electron chi connectivity index (χ2n) is 7.00. The fourth-order valence-electron chi connectivity index (χ4n) is 3.17. The van der Waals surface area contributed by atoms with Crippen molar-refractivity contribution in [2.75, 3.05) is 18.5 Å². The molecule has 1 aliphatic rings. The zero-order valence-corrected chi connectivity index (χ0v) is 18.7. The summed E-state index contributed by atoms with van der Waals surface area (Å²) < 4.78 is 31.8. The van der Waals surface area contributed by atoms with Crippen molar-refractivity contribution >= 4 is 50.8 Å². The van der Waals surface area contributed by atoms with E-state index in [1.165, 1.54) is 24.3 Å². The van der Waals surface area contributed by atoms with Gasteiger partial charge in [0.1, 0.15) is 6.04 Å². The first kappa shape index (κ1) is 23.5. The van der Waals surface area contributed by atoms with Crippen molar-refractivity contribution in [2.45, 2.75) is 30.4 Å². The van der Waals surface area contributed by atoms with Crippen LogP contribution in [0.1, 0.15) is 12.0 Å². The molecule has 3 rings (SSSR count). The largest absolute Gasteiger partial charge is 0.454 e. The lowest BCUT2D eigenvalue weighted by atomic mass is 10.2. The number of hydrogen-bond donors (Lipinski definition) is 2. The molecule has 0 saturated carbocycles. The highest BCUT2D eigenvalue weighted by molar-refractivity contribution is 7.89. The quantitative estimate of drug-likeness (QED) is 0.606. The van der Waals surface area contributed by atoms with Gasteiger partial charge in [0.2, 0.25) is 10.0 Å². The number of benzene rings is 2. The van der Waals surface area contributed by atoms with Crippen molar-refractivity contribution in [3.05, 3.63) is 58.1 Å². The molecule has 0 radical (unpaired) electrons. The maximum absolute atomic E-state index is 12.9. The molecule has 1 heterocycles. The molecule has 0 bridgehead atoms. The Morgan fingerprint density at radius 3 is 2.55 bits per heavy atom. The molecule has 2 atom stereocenters. The molecule has 0 spiro atoms. The van der Waals surface area contributed by atoms with Gasteiger partial charge in [-0.1, -0.05) is 29.3 Å². The number of ether oxygens (including phenoxy) is 1. The summed E-state index contributed by atoms with van der Waals surface area (Å²) in [6.45, 7) is 0.841. The molecule has 11 heteroatoms. The van der Waals surface area contributed by atoms with E-state index in [2.05, 4.69) is 5.32 Å². The first-order valence-electron chi connectivity index (χ1n) is 9.26. The molecule has 1 saturated heterocycles. The summed E-state index contributed by atoms with van der Waals surface area (Å²) in [5, 5.41) is 13.4. The molecule has 2 aromatic carbocycles. The molecule has 1 aliphatic heterocycles. The van der Waals surface area contributed by atoms with Crippen LogP contribution in [0.5, 0.6) is 0 Å². The lowest BCUT2D eigenvalue weighted by molar-refractivity contribution is -0.150. The second-order valence-corrected chi connectivity index (χ2v) is 9.74. The van der Waals surface area contributed by atoms with Crippen LogP contribution in [-0.2, 0) is 24.3 Å². The molecule has 166 valence electrons. The van der Waals surface area contributed by atoms with E-state index in [1.54, 1.807) is 25.1 Å². The van der Waals surface area contributed by atoms with E-state index in [4.69, 9.17) is 27.9 Å². The molecule has 0 aliphatic carbocycles. The maximum Gasteiger partial charge on any atom is 0.325 e. The van der Waals surface area contributed by atoms with Crippen molar-refractivity contribution in [3.63, 3.8) is 0 Å². The van der Waals surface area contributed by atoms with Crippen LogP contribution in [0.3, 0.4) is 0 Å². The minimum atomic E-state index is -4.08. The summed E-state index contributed by atoms with van der Waals surface area (Å²) in [6, 6.07) is 9.18. The lowest BCUT2D eigenvalue weighted by Gasteiger charge is -2.22. The minimum absolute atomic E-state index is 0.0713. The molecule has 31 heavy (non-hydrogen) atoms. The van der Waals surface area contributed by atoms with Crippen molar-refractivity contribution < 1.29 is 27.9 Å². The Hall–Kier alpha value is -2.17. The summed E-state index contributed by atoms with van der Waals surface area (Å²) in [4.78, 5) is 24.6. The van der Waals surface area contributed by atoms with E-state index >= 15 is 0 Å². The fraction of sp³-hybridized carbons (Fsp3) is 0.300. The molecule has 2 N–H and O–H groups in total. The monoisotopic (exact) mass is 486 g/mol. The number of carbonyl (C=O) groups excluding carboxylic acids is 2. The standard InChI is InChI=1S/C20H20Cl2N2O6S/c1-12-16(22)3-2-4-17(12)23-19(26)11-30-20(27)18-9-14(25)10-24(18)31(28,29)15-7-5-13(21)6-8-15/h2-8,14,18,25H,9-11H2,1H3,(H,23,26)/t14-,18-/m0/s1. The Balaban J connectivity index is 1.67. The summed E-state index contributed by atoms with van der Waals surface area (Å²) in [7, 11) is -4.08. The lowest BCUT2D eigenvalue weighted by Crippen LogP contribution is -2.42. The van der Waals surface area contributed by atoms with Gasteiger partial charge in [-0.2, -0.15) is 4.31 Å². The molecule has 1 fully saturated rings. The van der Waals surface area contributed by atoms with Crippen LogP contribution in [0.4, 0.5) is 5.69 Å². The van der Waals surface area contributed by atoms with Crippen molar-refractivity contribution in [1.82, 2.24) is 4.31 Å². The highest BCUT2D eigenvalue weighted by atomic mass is 35.5. The van der Waals surface area contributed by atoms with E-state index in [9.17, 15) is 23.1 Å². The van der Waals surface area contributed by atoms with Crippen molar-refractivity contribution in [2.24, 2.45) is 0 Å². The smallest absolute Gasteiger partial charge is 0.325 e. The number of hydrogen-bond acceptors (Lipinski definition) is 6. The number of anilines is 1. The SMILES string of the molecule is Cc1c(Cl)cccc1NC(=O)COC(=O)[C@@H]1C[C@H](O)CN1S(=O)(=O)c1ccc(Cl)cc1. The average molecular weight is 487 g/mol. The van der Waals surface area contributed by atoms with Gasteiger partial charge < -0.3 is 15.2 Å². The van der Waals surface area contributed by atoms with E-state index in [0.29, 0.717) is 21.3 Å². The number of esters is 1. The number of β-amino-alcohol motifs (C(OH)–C–C–N with tert-alkyl or cyclic N) is 1. The number of halogens is 2. The molecule has 8 nitrogen and oxygen atoms in total. The predicted molar refractivity (Wildman–Crippen MR) is 116 cm³/mol. The predicted octanol–water partition coefficient (Wildman–Crippen LogP) is 2.61. The first-order valence-corrected chi connectivity index (χ1v) is 11.5. The normalized spacial score (nSPS) is 19.2. The second kappa shape index (κ2) is 9.54. The Labute approximate surface area is 189 Å². The fourth-order valence-corrected chi connectivity index (χ4v) is 5.10. The number of rotatable bonds is 6. The topological polar surface area (TPSA) is 113 Å². The number of amides is 1. The van der Waals surface area contributed by atoms with Crippen LogP contribution in [0, 0.1) is 6.92 Å². The van der Waals surface area contributed by atoms with Crippen LogP contribution in [-0.4, -0.2) is 55.0 Å².